The minimum Gasteiger partial charge on any atom is -0.379 e. The first-order chi connectivity index (χ1) is 9.58. The van der Waals surface area contributed by atoms with Crippen molar-refractivity contribution < 1.29 is 9.31 Å². The van der Waals surface area contributed by atoms with Gasteiger partial charge in [0.05, 0.1) is 11.0 Å². The lowest BCUT2D eigenvalue weighted by atomic mass is 9.96. The standard InChI is InChI=1S/C14H20FN3O2/c1-10-7-13(14(18(19)20)8-12(10)15)17-6-4-11-3-2-5-16-9-11/h7-8,11,16-17H,2-6,9H2,1H3. The van der Waals surface area contributed by atoms with E-state index < -0.39 is 10.7 Å². The second kappa shape index (κ2) is 6.65. The molecule has 1 atom stereocenters. The zero-order valence-electron chi connectivity index (χ0n) is 11.6. The summed E-state index contributed by atoms with van der Waals surface area (Å²) in [5.74, 6) is 0.0654. The number of anilines is 1. The van der Waals surface area contributed by atoms with Gasteiger partial charge in [0.2, 0.25) is 0 Å². The lowest BCUT2D eigenvalue weighted by Crippen LogP contribution is -2.30. The van der Waals surface area contributed by atoms with Crippen LogP contribution in [0.25, 0.3) is 0 Å². The molecule has 20 heavy (non-hydrogen) atoms. The van der Waals surface area contributed by atoms with Crippen molar-refractivity contribution in [2.75, 3.05) is 25.0 Å². The number of nitrogens with one attached hydrogen (secondary N) is 2. The second-order valence-corrected chi connectivity index (χ2v) is 5.30. The number of hydrogen-bond acceptors (Lipinski definition) is 4. The van der Waals surface area contributed by atoms with Crippen LogP contribution >= 0.6 is 0 Å². The van der Waals surface area contributed by atoms with Gasteiger partial charge in [0.1, 0.15) is 11.5 Å². The fourth-order valence-corrected chi connectivity index (χ4v) is 2.55. The van der Waals surface area contributed by atoms with Gasteiger partial charge in [0, 0.05) is 6.54 Å². The van der Waals surface area contributed by atoms with E-state index in [-0.39, 0.29) is 5.69 Å². The van der Waals surface area contributed by atoms with Gasteiger partial charge >= 0.3 is 0 Å². The lowest BCUT2D eigenvalue weighted by Gasteiger charge is -2.22. The maximum Gasteiger partial charge on any atom is 0.295 e. The molecule has 1 aromatic carbocycles. The molecule has 110 valence electrons. The highest BCUT2D eigenvalue weighted by Gasteiger charge is 2.18. The Kier molecular flexibility index (Phi) is 4.89. The van der Waals surface area contributed by atoms with Crippen LogP contribution in [0.15, 0.2) is 12.1 Å². The Balaban J connectivity index is 1.97. The maximum atomic E-state index is 13.4. The van der Waals surface area contributed by atoms with Crippen molar-refractivity contribution in [2.24, 2.45) is 5.92 Å². The van der Waals surface area contributed by atoms with Crippen LogP contribution in [0.3, 0.4) is 0 Å². The van der Waals surface area contributed by atoms with Crippen molar-refractivity contribution in [1.82, 2.24) is 5.32 Å². The van der Waals surface area contributed by atoms with E-state index in [4.69, 9.17) is 0 Å². The molecule has 5 nitrogen and oxygen atoms in total. The number of halogens is 1. The molecule has 0 radical (unpaired) electrons. The summed E-state index contributed by atoms with van der Waals surface area (Å²) in [5, 5.41) is 17.4. The summed E-state index contributed by atoms with van der Waals surface area (Å²) >= 11 is 0. The monoisotopic (exact) mass is 281 g/mol. The molecule has 2 N–H and O–H groups in total. The van der Waals surface area contributed by atoms with Gasteiger partial charge in [-0.2, -0.15) is 0 Å². The van der Waals surface area contributed by atoms with Crippen LogP contribution in [0, 0.1) is 28.8 Å². The Morgan fingerprint density at radius 2 is 2.35 bits per heavy atom. The molecule has 1 heterocycles. The number of nitro groups is 1. The Hall–Kier alpha value is -1.69. The van der Waals surface area contributed by atoms with E-state index in [2.05, 4.69) is 10.6 Å². The smallest absolute Gasteiger partial charge is 0.295 e. The summed E-state index contributed by atoms with van der Waals surface area (Å²) < 4.78 is 13.4. The molecule has 6 heteroatoms. The van der Waals surface area contributed by atoms with Gasteiger partial charge in [-0.15, -0.1) is 0 Å². The molecule has 1 aliphatic rings. The summed E-state index contributed by atoms with van der Waals surface area (Å²) in [6.07, 6.45) is 3.33. The Bertz CT molecular complexity index is 488. The number of rotatable bonds is 5. The maximum absolute atomic E-state index is 13.4. The fourth-order valence-electron chi connectivity index (χ4n) is 2.55. The van der Waals surface area contributed by atoms with Crippen LogP contribution < -0.4 is 10.6 Å². The largest absolute Gasteiger partial charge is 0.379 e. The highest BCUT2D eigenvalue weighted by molar-refractivity contribution is 5.63. The van der Waals surface area contributed by atoms with E-state index in [1.165, 1.54) is 18.9 Å². The molecule has 0 bridgehead atoms. The molecule has 0 aromatic heterocycles. The van der Waals surface area contributed by atoms with Crippen LogP contribution in [0.2, 0.25) is 0 Å². The van der Waals surface area contributed by atoms with Crippen LogP contribution in [-0.2, 0) is 0 Å². The Morgan fingerprint density at radius 1 is 1.55 bits per heavy atom. The van der Waals surface area contributed by atoms with Gasteiger partial charge in [0.25, 0.3) is 5.69 Å². The summed E-state index contributed by atoms with van der Waals surface area (Å²) in [4.78, 5) is 10.4. The zero-order chi connectivity index (χ0) is 14.5. The van der Waals surface area contributed by atoms with Gasteiger partial charge < -0.3 is 10.6 Å². The lowest BCUT2D eigenvalue weighted by molar-refractivity contribution is -0.384. The molecular weight excluding hydrogens is 261 g/mol. The molecule has 2 rings (SSSR count). The number of nitro benzene ring substituents is 1. The molecule has 1 unspecified atom stereocenters. The molecule has 0 aliphatic carbocycles. The van der Waals surface area contributed by atoms with E-state index in [9.17, 15) is 14.5 Å². The topological polar surface area (TPSA) is 67.2 Å². The number of aryl methyl sites for hydroxylation is 1. The minimum absolute atomic E-state index is 0.199. The first-order valence-electron chi connectivity index (χ1n) is 6.97. The highest BCUT2D eigenvalue weighted by atomic mass is 19.1. The molecule has 0 amide bonds. The van der Waals surface area contributed by atoms with Crippen molar-refractivity contribution in [3.8, 4) is 0 Å². The molecule has 1 saturated heterocycles. The quantitative estimate of drug-likeness (QED) is 0.643. The second-order valence-electron chi connectivity index (χ2n) is 5.30. The van der Waals surface area contributed by atoms with Crippen molar-refractivity contribution in [1.29, 1.82) is 0 Å². The SMILES string of the molecule is Cc1cc(NCCC2CCCNC2)c([N+](=O)[O-])cc1F. The zero-order valence-corrected chi connectivity index (χ0v) is 11.6. The minimum atomic E-state index is -0.549. The van der Waals surface area contributed by atoms with Crippen molar-refractivity contribution >= 4 is 11.4 Å². The summed E-state index contributed by atoms with van der Waals surface area (Å²) in [6.45, 7) is 4.35. The average Bonchev–Trinajstić information content (AvgIpc) is 2.43. The van der Waals surface area contributed by atoms with E-state index in [0.717, 1.165) is 25.6 Å². The summed E-state index contributed by atoms with van der Waals surface area (Å²) in [7, 11) is 0. The van der Waals surface area contributed by atoms with Gasteiger partial charge in [-0.1, -0.05) is 0 Å². The molecule has 1 aliphatic heterocycles. The molecule has 0 spiro atoms. The molecule has 0 saturated carbocycles. The van der Waals surface area contributed by atoms with Crippen LogP contribution in [-0.4, -0.2) is 24.6 Å². The predicted molar refractivity (Wildman–Crippen MR) is 76.5 cm³/mol. The number of benzene rings is 1. The number of nitrogens with zero attached hydrogens (tertiary/aromatic N) is 1. The molecular formula is C14H20FN3O2. The third-order valence-electron chi connectivity index (χ3n) is 3.74. The van der Waals surface area contributed by atoms with E-state index in [1.807, 2.05) is 0 Å². The van der Waals surface area contributed by atoms with E-state index in [1.54, 1.807) is 6.92 Å². The first-order valence-corrected chi connectivity index (χ1v) is 6.97. The Labute approximate surface area is 117 Å². The average molecular weight is 281 g/mol. The normalized spacial score (nSPS) is 18.8. The van der Waals surface area contributed by atoms with Crippen molar-refractivity contribution in [2.45, 2.75) is 26.2 Å². The van der Waals surface area contributed by atoms with Crippen LogP contribution in [0.4, 0.5) is 15.8 Å². The summed E-state index contributed by atoms with van der Waals surface area (Å²) in [5.41, 5.74) is 0.616. The molecule has 1 fully saturated rings. The van der Waals surface area contributed by atoms with Crippen LogP contribution in [0.1, 0.15) is 24.8 Å². The predicted octanol–water partition coefficient (Wildman–Crippen LogP) is 2.84. The van der Waals surface area contributed by atoms with Gasteiger partial charge in [0.15, 0.2) is 0 Å². The van der Waals surface area contributed by atoms with E-state index in [0.29, 0.717) is 23.7 Å². The third kappa shape index (κ3) is 3.66. The van der Waals surface area contributed by atoms with Crippen molar-refractivity contribution in [3.63, 3.8) is 0 Å². The highest BCUT2D eigenvalue weighted by Crippen LogP contribution is 2.27. The first kappa shape index (κ1) is 14.7. The fraction of sp³-hybridized carbons (Fsp3) is 0.571. The molecule has 1 aromatic rings. The van der Waals surface area contributed by atoms with E-state index >= 15 is 0 Å². The number of hydrogen-bond donors (Lipinski definition) is 2. The number of piperidine rings is 1. The van der Waals surface area contributed by atoms with Gasteiger partial charge in [-0.3, -0.25) is 10.1 Å². The summed E-state index contributed by atoms with van der Waals surface area (Å²) in [6, 6.07) is 2.49. The third-order valence-corrected chi connectivity index (χ3v) is 3.74. The van der Waals surface area contributed by atoms with Crippen molar-refractivity contribution in [3.05, 3.63) is 33.6 Å². The van der Waals surface area contributed by atoms with Crippen LogP contribution in [0.5, 0.6) is 0 Å². The Morgan fingerprint density at radius 3 is 3.00 bits per heavy atom. The van der Waals surface area contributed by atoms with Gasteiger partial charge in [-0.05, 0) is 56.8 Å². The van der Waals surface area contributed by atoms with Gasteiger partial charge in [-0.25, -0.2) is 4.39 Å².